The van der Waals surface area contributed by atoms with Crippen molar-refractivity contribution in [2.24, 2.45) is 0 Å². The average molecular weight is 731 g/mol. The number of para-hydroxylation sites is 3. The van der Waals surface area contributed by atoms with Gasteiger partial charge in [-0.25, -0.2) is 0 Å². The molecular weight excluding hydrogens is 701 g/mol. The third-order valence-electron chi connectivity index (χ3n) is 11.9. The molecule has 3 nitrogen and oxygen atoms in total. The van der Waals surface area contributed by atoms with Crippen LogP contribution in [0.15, 0.2) is 186 Å². The monoisotopic (exact) mass is 730 g/mol. The van der Waals surface area contributed by atoms with Crippen molar-refractivity contribution >= 4 is 108 Å². The highest BCUT2D eigenvalue weighted by Crippen LogP contribution is 2.47. The molecule has 0 N–H and O–H groups in total. The maximum absolute atomic E-state index is 6.68. The summed E-state index contributed by atoms with van der Waals surface area (Å²) in [7, 11) is 0. The van der Waals surface area contributed by atoms with E-state index in [1.54, 1.807) is 0 Å². The minimum absolute atomic E-state index is 0.915. The first-order valence-electron chi connectivity index (χ1n) is 19.1. The Morgan fingerprint density at radius 3 is 1.82 bits per heavy atom. The summed E-state index contributed by atoms with van der Waals surface area (Å²) in [4.78, 5) is 0. The predicted octanol–water partition coefficient (Wildman–Crippen LogP) is 15.0. The van der Waals surface area contributed by atoms with Crippen molar-refractivity contribution in [3.05, 3.63) is 182 Å². The van der Waals surface area contributed by atoms with Crippen molar-refractivity contribution in [3.63, 3.8) is 0 Å². The normalized spacial score (nSPS) is 12.3. The minimum Gasteiger partial charge on any atom is -0.455 e. The highest BCUT2D eigenvalue weighted by atomic mass is 32.1. The standard InChI is InChI=1S/C52H30N2OS/c1-2-14-35(15-3-1)53-43-19-9-6-16-36(43)39-27-33(22-24-44(39)53)34-23-25-45-40(28-34)41-26-31-12-4-5-13-32(31)29-46(41)54(45)47-30-42-37-17-7-10-20-48(37)55-51(42)50-38-18-8-11-21-49(38)56-52(47)50/h1-30H. The highest BCUT2D eigenvalue weighted by Gasteiger charge is 2.23. The molecule has 0 unspecified atom stereocenters. The molecule has 0 bridgehead atoms. The number of hydrogen-bond donors (Lipinski definition) is 0. The Morgan fingerprint density at radius 1 is 0.393 bits per heavy atom. The largest absolute Gasteiger partial charge is 0.455 e. The van der Waals surface area contributed by atoms with Crippen LogP contribution in [0, 0.1) is 0 Å². The minimum atomic E-state index is 0.915. The van der Waals surface area contributed by atoms with Crippen LogP contribution < -0.4 is 0 Å². The van der Waals surface area contributed by atoms with Gasteiger partial charge < -0.3 is 13.6 Å². The van der Waals surface area contributed by atoms with Gasteiger partial charge in [0.15, 0.2) is 0 Å². The number of thiophene rings is 1. The van der Waals surface area contributed by atoms with Crippen LogP contribution in [0.4, 0.5) is 0 Å². The lowest BCUT2D eigenvalue weighted by Gasteiger charge is -2.11. The Balaban J connectivity index is 1.11. The first kappa shape index (κ1) is 30.2. The Morgan fingerprint density at radius 2 is 1.00 bits per heavy atom. The third-order valence-corrected chi connectivity index (χ3v) is 13.1. The van der Waals surface area contributed by atoms with E-state index in [9.17, 15) is 0 Å². The van der Waals surface area contributed by atoms with Gasteiger partial charge in [-0.1, -0.05) is 109 Å². The summed E-state index contributed by atoms with van der Waals surface area (Å²) in [6.45, 7) is 0. The molecular formula is C52H30N2OS. The molecule has 0 radical (unpaired) electrons. The highest BCUT2D eigenvalue weighted by molar-refractivity contribution is 7.26. The molecule has 0 spiro atoms. The second-order valence-corrected chi connectivity index (χ2v) is 15.9. The maximum atomic E-state index is 6.68. The van der Waals surface area contributed by atoms with Crippen molar-refractivity contribution in [3.8, 4) is 22.5 Å². The van der Waals surface area contributed by atoms with Crippen LogP contribution in [0.25, 0.3) is 119 Å². The average Bonchev–Trinajstić information content (AvgIpc) is 4.00. The summed E-state index contributed by atoms with van der Waals surface area (Å²) >= 11 is 1.85. The van der Waals surface area contributed by atoms with Gasteiger partial charge in [0.25, 0.3) is 0 Å². The van der Waals surface area contributed by atoms with Crippen LogP contribution in [0.5, 0.6) is 0 Å². The molecule has 13 rings (SSSR count). The number of nitrogens with zero attached hydrogens (tertiary/aromatic N) is 2. The number of rotatable bonds is 3. The number of furan rings is 1. The molecule has 0 aliphatic heterocycles. The summed E-state index contributed by atoms with van der Waals surface area (Å²) in [6.07, 6.45) is 0. The van der Waals surface area contributed by atoms with Crippen LogP contribution in [0.1, 0.15) is 0 Å². The first-order valence-corrected chi connectivity index (χ1v) is 19.9. The van der Waals surface area contributed by atoms with Crippen molar-refractivity contribution in [1.82, 2.24) is 9.13 Å². The summed E-state index contributed by atoms with van der Waals surface area (Å²) in [5.41, 5.74) is 11.4. The van der Waals surface area contributed by atoms with Crippen LogP contribution in [0.2, 0.25) is 0 Å². The quantitative estimate of drug-likeness (QED) is 0.177. The van der Waals surface area contributed by atoms with E-state index in [-0.39, 0.29) is 0 Å². The Labute approximate surface area is 324 Å². The van der Waals surface area contributed by atoms with Crippen LogP contribution >= 0.6 is 11.3 Å². The van der Waals surface area contributed by atoms with E-state index < -0.39 is 0 Å². The van der Waals surface area contributed by atoms with Crippen molar-refractivity contribution in [2.75, 3.05) is 0 Å². The molecule has 0 saturated heterocycles. The van der Waals surface area contributed by atoms with Crippen LogP contribution in [-0.4, -0.2) is 9.13 Å². The molecule has 0 amide bonds. The van der Waals surface area contributed by atoms with Gasteiger partial charge in [-0.2, -0.15) is 0 Å². The van der Waals surface area contributed by atoms with Gasteiger partial charge >= 0.3 is 0 Å². The Kier molecular flexibility index (Phi) is 6.04. The zero-order valence-corrected chi connectivity index (χ0v) is 30.8. The van der Waals surface area contributed by atoms with E-state index in [1.807, 2.05) is 11.3 Å². The van der Waals surface area contributed by atoms with Gasteiger partial charge in [0.05, 0.1) is 32.5 Å². The van der Waals surface area contributed by atoms with Gasteiger partial charge in [-0.05, 0) is 94.7 Å². The van der Waals surface area contributed by atoms with E-state index in [1.165, 1.54) is 97.1 Å². The molecule has 9 aromatic carbocycles. The molecule has 0 fully saturated rings. The Hall–Kier alpha value is -7.14. The number of fused-ring (bicyclic) bond motifs is 14. The van der Waals surface area contributed by atoms with E-state index in [0.29, 0.717) is 0 Å². The van der Waals surface area contributed by atoms with E-state index in [4.69, 9.17) is 4.42 Å². The zero-order chi connectivity index (χ0) is 36.5. The van der Waals surface area contributed by atoms with Gasteiger partial charge in [-0.3, -0.25) is 0 Å². The van der Waals surface area contributed by atoms with E-state index in [2.05, 4.69) is 191 Å². The van der Waals surface area contributed by atoms with Crippen LogP contribution in [0.3, 0.4) is 0 Å². The van der Waals surface area contributed by atoms with E-state index in [0.717, 1.165) is 21.9 Å². The molecule has 0 aliphatic carbocycles. The molecule has 0 saturated carbocycles. The maximum Gasteiger partial charge on any atom is 0.144 e. The number of aromatic nitrogens is 2. The molecule has 0 aliphatic rings. The second-order valence-electron chi connectivity index (χ2n) is 14.9. The van der Waals surface area contributed by atoms with Gasteiger partial charge in [-0.15, -0.1) is 11.3 Å². The molecule has 4 aromatic heterocycles. The zero-order valence-electron chi connectivity index (χ0n) is 30.0. The van der Waals surface area contributed by atoms with Crippen molar-refractivity contribution < 1.29 is 4.42 Å². The van der Waals surface area contributed by atoms with E-state index >= 15 is 0 Å². The fourth-order valence-corrected chi connectivity index (χ4v) is 10.6. The topological polar surface area (TPSA) is 23.0 Å². The third kappa shape index (κ3) is 4.11. The number of hydrogen-bond acceptors (Lipinski definition) is 2. The fraction of sp³-hybridized carbons (Fsp3) is 0. The lowest BCUT2D eigenvalue weighted by Crippen LogP contribution is -1.95. The molecule has 0 atom stereocenters. The van der Waals surface area contributed by atoms with Gasteiger partial charge in [0.2, 0.25) is 0 Å². The Bertz CT molecular complexity index is 3770. The summed E-state index contributed by atoms with van der Waals surface area (Å²) in [5, 5.41) is 12.2. The van der Waals surface area contributed by atoms with Gasteiger partial charge in [0.1, 0.15) is 11.2 Å². The first-order chi connectivity index (χ1) is 27.8. The summed E-state index contributed by atoms with van der Waals surface area (Å²) in [5.74, 6) is 0. The number of benzene rings is 9. The molecule has 4 heteroatoms. The smallest absolute Gasteiger partial charge is 0.144 e. The summed E-state index contributed by atoms with van der Waals surface area (Å²) in [6, 6.07) is 66.5. The van der Waals surface area contributed by atoms with Gasteiger partial charge in [0, 0.05) is 53.5 Å². The molecule has 56 heavy (non-hydrogen) atoms. The SMILES string of the molecule is c1ccc(-n2c3ccccc3c3cc(-c4ccc5c(c4)c4cc6ccccc6cc4n5-c4cc5c6ccccc6oc5c5c4sc4ccccc45)ccc32)cc1. The van der Waals surface area contributed by atoms with Crippen LogP contribution in [-0.2, 0) is 0 Å². The molecule has 4 heterocycles. The summed E-state index contributed by atoms with van der Waals surface area (Å²) < 4.78 is 14.1. The predicted molar refractivity (Wildman–Crippen MR) is 238 cm³/mol. The lowest BCUT2D eigenvalue weighted by atomic mass is 10.00. The molecule has 260 valence electrons. The van der Waals surface area contributed by atoms with Crippen molar-refractivity contribution in [1.29, 1.82) is 0 Å². The molecule has 13 aromatic rings. The fourth-order valence-electron chi connectivity index (χ4n) is 9.37. The lowest BCUT2D eigenvalue weighted by molar-refractivity contribution is 0.673. The second kappa shape index (κ2) is 11.2. The van der Waals surface area contributed by atoms with Crippen molar-refractivity contribution in [2.45, 2.75) is 0 Å².